The van der Waals surface area contributed by atoms with Crippen molar-refractivity contribution in [3.8, 4) is 5.75 Å². The molecular formula is C14H10F2O3. The van der Waals surface area contributed by atoms with E-state index in [9.17, 15) is 13.6 Å². The fraction of sp³-hybridized carbons (Fsp3) is 0.0714. The summed E-state index contributed by atoms with van der Waals surface area (Å²) in [4.78, 5) is 10.6. The third kappa shape index (κ3) is 3.28. The van der Waals surface area contributed by atoms with Crippen LogP contribution in [-0.2, 0) is 6.61 Å². The van der Waals surface area contributed by atoms with Crippen molar-refractivity contribution in [1.82, 2.24) is 0 Å². The Morgan fingerprint density at radius 1 is 1.16 bits per heavy atom. The number of carboxylic acids is 1. The zero-order chi connectivity index (χ0) is 13.8. The van der Waals surface area contributed by atoms with E-state index in [1.807, 2.05) is 0 Å². The number of carbonyl (C=O) groups is 1. The molecule has 2 aromatic carbocycles. The summed E-state index contributed by atoms with van der Waals surface area (Å²) in [6.07, 6.45) is 0. The Morgan fingerprint density at radius 2 is 1.95 bits per heavy atom. The molecule has 0 saturated carbocycles. The molecular weight excluding hydrogens is 254 g/mol. The van der Waals surface area contributed by atoms with Gasteiger partial charge in [-0.05, 0) is 29.8 Å². The number of hydrogen-bond donors (Lipinski definition) is 1. The zero-order valence-electron chi connectivity index (χ0n) is 9.77. The van der Waals surface area contributed by atoms with Crippen LogP contribution in [0.1, 0.15) is 15.9 Å². The first-order valence-electron chi connectivity index (χ1n) is 5.46. The van der Waals surface area contributed by atoms with Gasteiger partial charge in [0.2, 0.25) is 0 Å². The molecule has 0 bridgehead atoms. The lowest BCUT2D eigenvalue weighted by Crippen LogP contribution is -2.03. The lowest BCUT2D eigenvalue weighted by Gasteiger charge is -2.07. The van der Waals surface area contributed by atoms with Gasteiger partial charge < -0.3 is 9.84 Å². The average Bonchev–Trinajstić information content (AvgIpc) is 2.36. The fourth-order valence-corrected chi connectivity index (χ4v) is 1.55. The molecule has 0 amide bonds. The fourth-order valence-electron chi connectivity index (χ4n) is 1.55. The predicted octanol–water partition coefficient (Wildman–Crippen LogP) is 3.24. The topological polar surface area (TPSA) is 46.5 Å². The molecule has 0 aliphatic rings. The van der Waals surface area contributed by atoms with E-state index in [0.29, 0.717) is 11.3 Å². The van der Waals surface area contributed by atoms with E-state index in [0.717, 1.165) is 6.07 Å². The monoisotopic (exact) mass is 264 g/mol. The number of halogens is 2. The van der Waals surface area contributed by atoms with Crippen LogP contribution in [0, 0.1) is 11.6 Å². The highest BCUT2D eigenvalue weighted by molar-refractivity contribution is 5.87. The van der Waals surface area contributed by atoms with Gasteiger partial charge in [0.25, 0.3) is 0 Å². The second kappa shape index (κ2) is 5.48. The molecule has 2 rings (SSSR count). The van der Waals surface area contributed by atoms with E-state index in [2.05, 4.69) is 0 Å². The molecule has 2 aromatic rings. The molecule has 19 heavy (non-hydrogen) atoms. The van der Waals surface area contributed by atoms with Crippen LogP contribution in [0.5, 0.6) is 5.75 Å². The second-order valence-electron chi connectivity index (χ2n) is 3.87. The van der Waals surface area contributed by atoms with Gasteiger partial charge in [-0.15, -0.1) is 0 Å². The summed E-state index contributed by atoms with van der Waals surface area (Å²) in [6.45, 7) is 0.0280. The Morgan fingerprint density at radius 3 is 2.58 bits per heavy atom. The smallest absolute Gasteiger partial charge is 0.338 e. The largest absolute Gasteiger partial charge is 0.489 e. The number of rotatable bonds is 4. The minimum Gasteiger partial charge on any atom is -0.489 e. The van der Waals surface area contributed by atoms with Gasteiger partial charge in [-0.1, -0.05) is 12.1 Å². The van der Waals surface area contributed by atoms with Gasteiger partial charge >= 0.3 is 5.97 Å². The van der Waals surface area contributed by atoms with Gasteiger partial charge in [0.15, 0.2) is 0 Å². The number of ether oxygens (including phenoxy) is 1. The van der Waals surface area contributed by atoms with E-state index >= 15 is 0 Å². The first-order chi connectivity index (χ1) is 9.06. The molecule has 5 heteroatoms. The predicted molar refractivity (Wildman–Crippen MR) is 64.1 cm³/mol. The van der Waals surface area contributed by atoms with Crippen molar-refractivity contribution in [3.63, 3.8) is 0 Å². The molecule has 3 nitrogen and oxygen atoms in total. The molecule has 0 saturated heterocycles. The first-order valence-corrected chi connectivity index (χ1v) is 5.46. The minimum atomic E-state index is -1.32. The Labute approximate surface area is 108 Å². The maximum Gasteiger partial charge on any atom is 0.338 e. The molecule has 0 aromatic heterocycles. The highest BCUT2D eigenvalue weighted by Gasteiger charge is 2.10. The molecule has 0 fully saturated rings. The van der Waals surface area contributed by atoms with Crippen LogP contribution in [0.25, 0.3) is 0 Å². The molecule has 98 valence electrons. The van der Waals surface area contributed by atoms with Gasteiger partial charge in [0.1, 0.15) is 24.0 Å². The third-order valence-corrected chi connectivity index (χ3v) is 2.47. The van der Waals surface area contributed by atoms with E-state index in [1.165, 1.54) is 30.3 Å². The van der Waals surface area contributed by atoms with Gasteiger partial charge in [0, 0.05) is 6.07 Å². The highest BCUT2D eigenvalue weighted by Crippen LogP contribution is 2.16. The van der Waals surface area contributed by atoms with Crippen LogP contribution in [-0.4, -0.2) is 11.1 Å². The summed E-state index contributed by atoms with van der Waals surface area (Å²) in [5.41, 5.74) is 0.0706. The van der Waals surface area contributed by atoms with Crippen LogP contribution in [0.3, 0.4) is 0 Å². The highest BCUT2D eigenvalue weighted by atomic mass is 19.1. The van der Waals surface area contributed by atoms with Crippen molar-refractivity contribution < 1.29 is 23.4 Å². The summed E-state index contributed by atoms with van der Waals surface area (Å²) >= 11 is 0. The van der Waals surface area contributed by atoms with E-state index in [4.69, 9.17) is 9.84 Å². The van der Waals surface area contributed by atoms with Gasteiger partial charge in [-0.25, -0.2) is 13.6 Å². The molecule has 1 N–H and O–H groups in total. The lowest BCUT2D eigenvalue weighted by atomic mass is 10.1. The van der Waals surface area contributed by atoms with Crippen molar-refractivity contribution >= 4 is 5.97 Å². The number of hydrogen-bond acceptors (Lipinski definition) is 2. The Bertz CT molecular complexity index is 611. The Kier molecular flexibility index (Phi) is 3.75. The summed E-state index contributed by atoms with van der Waals surface area (Å²) in [5, 5.41) is 8.68. The van der Waals surface area contributed by atoms with Crippen molar-refractivity contribution in [2.24, 2.45) is 0 Å². The van der Waals surface area contributed by atoms with Crippen molar-refractivity contribution in [2.45, 2.75) is 6.61 Å². The zero-order valence-corrected chi connectivity index (χ0v) is 9.77. The number of aromatic carboxylic acids is 1. The van der Waals surface area contributed by atoms with Crippen LogP contribution in [0.15, 0.2) is 42.5 Å². The molecule has 0 heterocycles. The average molecular weight is 264 g/mol. The molecule has 0 unspecified atom stereocenters. The molecule has 0 aliphatic carbocycles. The SMILES string of the molecule is O=C(O)c1ccc(COc2cccc(F)c2)cc1F. The number of carboxylic acid groups (broad SMARTS) is 1. The molecule has 0 atom stereocenters. The lowest BCUT2D eigenvalue weighted by molar-refractivity contribution is 0.0692. The van der Waals surface area contributed by atoms with Gasteiger partial charge in [-0.2, -0.15) is 0 Å². The van der Waals surface area contributed by atoms with Crippen LogP contribution in [0.2, 0.25) is 0 Å². The number of benzene rings is 2. The van der Waals surface area contributed by atoms with Gasteiger partial charge in [0.05, 0.1) is 5.56 Å². The third-order valence-electron chi connectivity index (χ3n) is 2.47. The summed E-state index contributed by atoms with van der Waals surface area (Å²) in [6, 6.07) is 9.27. The quantitative estimate of drug-likeness (QED) is 0.922. The summed E-state index contributed by atoms with van der Waals surface area (Å²) in [7, 11) is 0. The molecule has 0 aliphatic heterocycles. The minimum absolute atomic E-state index is 0.0280. The first kappa shape index (κ1) is 13.0. The Balaban J connectivity index is 2.08. The van der Waals surface area contributed by atoms with E-state index in [-0.39, 0.29) is 6.61 Å². The summed E-state index contributed by atoms with van der Waals surface area (Å²) in [5.74, 6) is -2.25. The maximum absolute atomic E-state index is 13.4. The normalized spacial score (nSPS) is 10.2. The summed E-state index contributed by atoms with van der Waals surface area (Å²) < 4.78 is 31.6. The van der Waals surface area contributed by atoms with Crippen molar-refractivity contribution in [2.75, 3.05) is 0 Å². The standard InChI is InChI=1S/C14H10F2O3/c15-10-2-1-3-11(7-10)19-8-9-4-5-12(14(17)18)13(16)6-9/h1-7H,8H2,(H,17,18). The van der Waals surface area contributed by atoms with Crippen molar-refractivity contribution in [3.05, 3.63) is 65.2 Å². The van der Waals surface area contributed by atoms with E-state index in [1.54, 1.807) is 6.07 Å². The van der Waals surface area contributed by atoms with E-state index < -0.39 is 23.2 Å². The second-order valence-corrected chi connectivity index (χ2v) is 3.87. The Hall–Kier alpha value is -2.43. The van der Waals surface area contributed by atoms with Gasteiger partial charge in [-0.3, -0.25) is 0 Å². The van der Waals surface area contributed by atoms with Crippen LogP contribution < -0.4 is 4.74 Å². The van der Waals surface area contributed by atoms with Crippen LogP contribution >= 0.6 is 0 Å². The maximum atomic E-state index is 13.4. The van der Waals surface area contributed by atoms with Crippen molar-refractivity contribution in [1.29, 1.82) is 0 Å². The molecule has 0 spiro atoms. The molecule has 0 radical (unpaired) electrons. The van der Waals surface area contributed by atoms with Crippen LogP contribution in [0.4, 0.5) is 8.78 Å².